The molecule has 8 nitrogen and oxygen atoms in total. The van der Waals surface area contributed by atoms with Gasteiger partial charge in [0.25, 0.3) is 11.8 Å². The number of alkyl halides is 6. The molecule has 8 bridgehead atoms. The number of aryl methyl sites for hydroxylation is 2. The lowest BCUT2D eigenvalue weighted by Gasteiger charge is -2.26. The Balaban J connectivity index is 1.54. The van der Waals surface area contributed by atoms with Gasteiger partial charge in [0.1, 0.15) is 0 Å². The number of carbonyl (C=O) groups excluding carboxylic acids is 3. The first-order valence-corrected chi connectivity index (χ1v) is 16.9. The summed E-state index contributed by atoms with van der Waals surface area (Å²) in [5.41, 5.74) is 3.58. The van der Waals surface area contributed by atoms with Crippen LogP contribution in [-0.4, -0.2) is 42.4 Å². The van der Waals surface area contributed by atoms with E-state index >= 15 is 0 Å². The molecule has 274 valence electrons. The summed E-state index contributed by atoms with van der Waals surface area (Å²) in [5, 5.41) is 0. The minimum Gasteiger partial charge on any atom is -0.355 e. The summed E-state index contributed by atoms with van der Waals surface area (Å²) >= 11 is 0. The van der Waals surface area contributed by atoms with Gasteiger partial charge in [0.15, 0.2) is 5.78 Å². The quantitative estimate of drug-likeness (QED) is 0.123. The Morgan fingerprint density at radius 2 is 1.42 bits per heavy atom. The molecule has 0 saturated heterocycles. The Bertz CT molecular complexity index is 2470. The van der Waals surface area contributed by atoms with Crippen molar-refractivity contribution in [2.24, 2.45) is 0 Å². The van der Waals surface area contributed by atoms with Crippen molar-refractivity contribution in [3.8, 4) is 0 Å². The second-order valence-corrected chi connectivity index (χ2v) is 13.8. The number of hydrogen-bond acceptors (Lipinski definition) is 5. The molecule has 2 N–H and O–H groups in total. The molecule has 0 saturated carbocycles. The van der Waals surface area contributed by atoms with Gasteiger partial charge in [-0.2, -0.15) is 26.3 Å². The molecule has 6 heterocycles. The minimum atomic E-state index is -5.12. The third kappa shape index (κ3) is 5.93. The fourth-order valence-electron chi connectivity index (χ4n) is 7.52. The van der Waals surface area contributed by atoms with Crippen molar-refractivity contribution >= 4 is 50.8 Å². The average molecular weight is 734 g/mol. The van der Waals surface area contributed by atoms with Crippen LogP contribution >= 0.6 is 0 Å². The topological polar surface area (TPSA) is 112 Å². The predicted octanol–water partition coefficient (Wildman–Crippen LogP) is 9.65. The Kier molecular flexibility index (Phi) is 8.30. The van der Waals surface area contributed by atoms with Crippen molar-refractivity contribution in [1.29, 1.82) is 0 Å². The number of Topliss-reactive ketones (excluding diaryl/α,β-unsaturated/α-hetero) is 1. The maximum Gasteiger partial charge on any atom is 0.416 e. The van der Waals surface area contributed by atoms with Gasteiger partial charge >= 0.3 is 12.4 Å². The van der Waals surface area contributed by atoms with Gasteiger partial charge in [0.05, 0.1) is 56.9 Å². The number of benzene rings is 1. The normalized spacial score (nSPS) is 16.2. The lowest BCUT2D eigenvalue weighted by molar-refractivity contribution is -0.143. The van der Waals surface area contributed by atoms with Crippen LogP contribution in [0.2, 0.25) is 0 Å². The van der Waals surface area contributed by atoms with E-state index in [2.05, 4.69) is 9.97 Å². The van der Waals surface area contributed by atoms with Gasteiger partial charge in [-0.15, -0.1) is 0 Å². The first kappa shape index (κ1) is 35.9. The van der Waals surface area contributed by atoms with Gasteiger partial charge in [-0.3, -0.25) is 24.3 Å². The fourth-order valence-corrected chi connectivity index (χ4v) is 7.52. The average Bonchev–Trinajstić information content (AvgIpc) is 3.77. The molecule has 0 spiro atoms. The van der Waals surface area contributed by atoms with Crippen molar-refractivity contribution in [1.82, 2.24) is 24.8 Å². The highest BCUT2D eigenvalue weighted by molar-refractivity contribution is 6.23. The number of nitrogens with zero attached hydrogens (tertiary/aromatic N) is 3. The number of aromatic amines is 2. The van der Waals surface area contributed by atoms with Gasteiger partial charge in [0.2, 0.25) is 0 Å². The number of halogens is 6. The third-order valence-electron chi connectivity index (χ3n) is 10.3. The Morgan fingerprint density at radius 1 is 0.811 bits per heavy atom. The Morgan fingerprint density at radius 3 is 2.02 bits per heavy atom. The number of imide groups is 1. The van der Waals surface area contributed by atoms with Crippen LogP contribution in [0.5, 0.6) is 0 Å². The number of ketones is 1. The number of nitrogens with one attached hydrogen (secondary N) is 2. The van der Waals surface area contributed by atoms with Crippen LogP contribution in [0.25, 0.3) is 33.2 Å². The second kappa shape index (κ2) is 12.3. The summed E-state index contributed by atoms with van der Waals surface area (Å²) in [5.74, 6) is -2.20. The molecule has 7 rings (SSSR count). The number of fused-ring (bicyclic) bond motifs is 8. The zero-order chi connectivity index (χ0) is 38.5. The van der Waals surface area contributed by atoms with Crippen molar-refractivity contribution < 1.29 is 40.7 Å². The Labute approximate surface area is 299 Å². The number of allylic oxidation sites excluding steroid dienone is 2. The lowest BCUT2D eigenvalue weighted by Crippen LogP contribution is -2.40. The van der Waals surface area contributed by atoms with Gasteiger partial charge in [-0.25, -0.2) is 4.98 Å². The molecule has 2 amide bonds. The molecule has 1 aromatic carbocycles. The van der Waals surface area contributed by atoms with Crippen molar-refractivity contribution in [3.05, 3.63) is 104 Å². The molecule has 0 unspecified atom stereocenters. The van der Waals surface area contributed by atoms with Crippen LogP contribution in [0.15, 0.2) is 36.4 Å². The molecule has 3 aliphatic rings. The molecular formula is C39H33F6N5O3. The summed E-state index contributed by atoms with van der Waals surface area (Å²) in [7, 11) is 0. The van der Waals surface area contributed by atoms with Crippen LogP contribution in [0.4, 0.5) is 26.3 Å². The maximum absolute atomic E-state index is 14.4. The van der Waals surface area contributed by atoms with Gasteiger partial charge in [-0.1, -0.05) is 13.8 Å². The van der Waals surface area contributed by atoms with E-state index in [1.807, 2.05) is 33.8 Å². The number of H-pyrrole nitrogens is 2. The molecule has 0 fully saturated rings. The van der Waals surface area contributed by atoms with Gasteiger partial charge < -0.3 is 9.97 Å². The van der Waals surface area contributed by atoms with E-state index in [1.165, 1.54) is 6.92 Å². The number of carbonyl (C=O) groups is 3. The monoisotopic (exact) mass is 733 g/mol. The first-order valence-electron chi connectivity index (χ1n) is 16.9. The summed E-state index contributed by atoms with van der Waals surface area (Å²) in [6, 6.07) is 6.38. The predicted molar refractivity (Wildman–Crippen MR) is 186 cm³/mol. The number of hydrogen-bond donors (Lipinski definition) is 2. The summed E-state index contributed by atoms with van der Waals surface area (Å²) < 4.78 is 82.6. The summed E-state index contributed by atoms with van der Waals surface area (Å²) in [6.45, 7) is 9.85. The molecule has 0 aliphatic carbocycles. The van der Waals surface area contributed by atoms with Crippen LogP contribution in [0, 0.1) is 13.8 Å². The first-order chi connectivity index (χ1) is 24.8. The molecule has 3 aromatic heterocycles. The van der Waals surface area contributed by atoms with E-state index in [0.29, 0.717) is 73.8 Å². The van der Waals surface area contributed by atoms with Crippen molar-refractivity contribution in [2.45, 2.75) is 79.2 Å². The van der Waals surface area contributed by atoms with Gasteiger partial charge in [0, 0.05) is 28.2 Å². The summed E-state index contributed by atoms with van der Waals surface area (Å²) in [4.78, 5) is 58.5. The van der Waals surface area contributed by atoms with Gasteiger partial charge in [-0.05, 0) is 105 Å². The van der Waals surface area contributed by atoms with E-state index in [1.54, 1.807) is 19.1 Å². The van der Waals surface area contributed by atoms with E-state index in [-0.39, 0.29) is 46.5 Å². The maximum atomic E-state index is 14.4. The van der Waals surface area contributed by atoms with Crippen molar-refractivity contribution in [2.75, 3.05) is 0 Å². The lowest BCUT2D eigenvalue weighted by atomic mass is 9.96. The van der Waals surface area contributed by atoms with E-state index < -0.39 is 47.4 Å². The van der Waals surface area contributed by atoms with Crippen molar-refractivity contribution in [3.63, 3.8) is 0 Å². The van der Waals surface area contributed by atoms with Crippen LogP contribution in [0.1, 0.15) is 122 Å². The molecule has 0 radical (unpaired) electrons. The van der Waals surface area contributed by atoms with E-state index in [0.717, 1.165) is 11.1 Å². The number of aromatic nitrogens is 4. The summed E-state index contributed by atoms with van der Waals surface area (Å²) in [6.07, 6.45) is -9.42. The molecule has 3 aliphatic heterocycles. The zero-order valence-electron chi connectivity index (χ0n) is 29.5. The van der Waals surface area contributed by atoms with Crippen LogP contribution in [-0.2, 0) is 25.3 Å². The number of amides is 2. The highest BCUT2D eigenvalue weighted by Gasteiger charge is 2.40. The van der Waals surface area contributed by atoms with E-state index in [4.69, 9.17) is 9.97 Å². The molecule has 4 aromatic rings. The standard InChI is InChI=1S/C39H33F6N5O3/c1-7-24-17(3)26-14-31-32(20(6)51)18(4)27(48-31)12-25-16(2)8-30(46-25)34-35-33(19(5)28(49-35)13-29(24)47-26)36(52)50(37(34)53)15-21-9-22(38(40,41)42)11-23(10-21)39(43,44)45/h9-14,16,48-49H,7-8,15H2,1-6H3/t16-/m0/s1. The molecule has 53 heavy (non-hydrogen) atoms. The second-order valence-electron chi connectivity index (χ2n) is 13.8. The molecular weight excluding hydrogens is 700 g/mol. The van der Waals surface area contributed by atoms with E-state index in [9.17, 15) is 40.7 Å². The molecule has 14 heteroatoms. The Hall–Kier alpha value is -5.53. The highest BCUT2D eigenvalue weighted by atomic mass is 19.4. The minimum absolute atomic E-state index is 0.00171. The zero-order valence-corrected chi connectivity index (χ0v) is 29.5. The number of rotatable bonds is 4. The van der Waals surface area contributed by atoms with Crippen LogP contribution < -0.4 is 0 Å². The SMILES string of the molecule is CCC1=C(C)c2cc3[nH]c(cc4nc(c5c6[nH]c(cc1n2)c(C)c6C(=O)N(Cc1cc(C(F)(F)F)cc(C(F)(F)F)c1)C5=O)C[C@@H]4C)c(C)c3C(C)=O. The smallest absolute Gasteiger partial charge is 0.355 e. The highest BCUT2D eigenvalue weighted by Crippen LogP contribution is 2.40. The fraction of sp³-hybridized carbons (Fsp3) is 0.308. The van der Waals surface area contributed by atoms with Crippen LogP contribution in [0.3, 0.4) is 0 Å². The molecule has 1 atom stereocenters. The largest absolute Gasteiger partial charge is 0.416 e. The third-order valence-corrected chi connectivity index (χ3v) is 10.3.